The lowest BCUT2D eigenvalue weighted by Gasteiger charge is -2.08. The highest BCUT2D eigenvalue weighted by atomic mass is 79.9. The molecule has 0 aliphatic carbocycles. The van der Waals surface area contributed by atoms with Crippen molar-refractivity contribution in [1.82, 2.24) is 0 Å². The minimum Gasteiger partial charge on any atom is -0.496 e. The number of hydrogen-bond donors (Lipinski definition) is 0. The van der Waals surface area contributed by atoms with E-state index in [-0.39, 0.29) is 0 Å². The van der Waals surface area contributed by atoms with Crippen molar-refractivity contribution in [2.45, 2.75) is 0 Å². The second kappa shape index (κ2) is 4.60. The van der Waals surface area contributed by atoms with Crippen molar-refractivity contribution in [2.75, 3.05) is 7.11 Å². The van der Waals surface area contributed by atoms with Crippen LogP contribution in [-0.2, 0) is 0 Å². The van der Waals surface area contributed by atoms with Crippen LogP contribution in [0.15, 0.2) is 41.4 Å². The molecule has 0 aliphatic heterocycles. The fourth-order valence-electron chi connectivity index (χ4n) is 1.68. The van der Waals surface area contributed by atoms with Gasteiger partial charge in [0.25, 0.3) is 0 Å². The van der Waals surface area contributed by atoms with Crippen LogP contribution >= 0.6 is 15.9 Å². The first-order valence-corrected chi connectivity index (χ1v) is 5.82. The van der Waals surface area contributed by atoms with Gasteiger partial charge in [0.2, 0.25) is 0 Å². The van der Waals surface area contributed by atoms with E-state index >= 15 is 0 Å². The Labute approximate surface area is 108 Å². The van der Waals surface area contributed by atoms with Crippen molar-refractivity contribution in [1.29, 1.82) is 5.26 Å². The molecule has 84 valence electrons. The molecular weight excluding hydrogens is 278 g/mol. The number of ether oxygens (including phenoxy) is 1. The number of nitrogens with zero attached hydrogens (tertiary/aromatic N) is 1. The quantitative estimate of drug-likeness (QED) is 0.778. The van der Waals surface area contributed by atoms with E-state index in [1.54, 1.807) is 7.11 Å². The molecule has 2 aromatic rings. The van der Waals surface area contributed by atoms with Gasteiger partial charge in [-0.1, -0.05) is 24.8 Å². The van der Waals surface area contributed by atoms with E-state index in [9.17, 15) is 0 Å². The first-order chi connectivity index (χ1) is 8.17. The molecule has 0 amide bonds. The van der Waals surface area contributed by atoms with E-state index in [2.05, 4.69) is 28.6 Å². The molecule has 0 atom stereocenters. The van der Waals surface area contributed by atoms with Crippen molar-refractivity contribution < 1.29 is 4.74 Å². The van der Waals surface area contributed by atoms with E-state index in [1.807, 2.05) is 30.3 Å². The van der Waals surface area contributed by atoms with Crippen molar-refractivity contribution >= 4 is 32.3 Å². The molecule has 0 saturated carbocycles. The van der Waals surface area contributed by atoms with Gasteiger partial charge in [0.1, 0.15) is 5.75 Å². The van der Waals surface area contributed by atoms with Crippen molar-refractivity contribution in [2.24, 2.45) is 0 Å². The van der Waals surface area contributed by atoms with Crippen LogP contribution in [-0.4, -0.2) is 7.11 Å². The Morgan fingerprint density at radius 3 is 2.76 bits per heavy atom. The molecule has 0 saturated heterocycles. The molecule has 0 aromatic heterocycles. The van der Waals surface area contributed by atoms with Gasteiger partial charge >= 0.3 is 0 Å². The van der Waals surface area contributed by atoms with Crippen LogP contribution < -0.4 is 4.74 Å². The summed E-state index contributed by atoms with van der Waals surface area (Å²) in [6.07, 6.45) is 0. The Morgan fingerprint density at radius 1 is 1.35 bits per heavy atom. The van der Waals surface area contributed by atoms with Gasteiger partial charge in [-0.15, -0.1) is 0 Å². The van der Waals surface area contributed by atoms with E-state index < -0.39 is 0 Å². The average molecular weight is 288 g/mol. The Hall–Kier alpha value is -1.79. The first-order valence-electron chi connectivity index (χ1n) is 5.03. The summed E-state index contributed by atoms with van der Waals surface area (Å²) in [5.74, 6) is 0.796. The third kappa shape index (κ3) is 2.04. The maximum absolute atomic E-state index is 8.82. The maximum atomic E-state index is 8.82. The Balaban J connectivity index is 2.66. The molecular formula is C14H10BrNO. The molecule has 0 fully saturated rings. The second-order valence-corrected chi connectivity index (χ2v) is 4.40. The summed E-state index contributed by atoms with van der Waals surface area (Å²) >= 11 is 3.51. The molecule has 0 N–H and O–H groups in total. The van der Waals surface area contributed by atoms with Crippen LogP contribution in [0.4, 0.5) is 0 Å². The molecule has 0 radical (unpaired) electrons. The van der Waals surface area contributed by atoms with Crippen molar-refractivity contribution in [3.8, 4) is 11.8 Å². The zero-order valence-corrected chi connectivity index (χ0v) is 10.9. The fourth-order valence-corrected chi connectivity index (χ4v) is 2.34. The topological polar surface area (TPSA) is 33.0 Å². The summed E-state index contributed by atoms with van der Waals surface area (Å²) in [5.41, 5.74) is 1.32. The Kier molecular flexibility index (Phi) is 3.16. The average Bonchev–Trinajstić information content (AvgIpc) is 2.38. The molecule has 0 heterocycles. The van der Waals surface area contributed by atoms with Crippen LogP contribution in [0.1, 0.15) is 5.56 Å². The number of halogens is 1. The molecule has 17 heavy (non-hydrogen) atoms. The second-order valence-electron chi connectivity index (χ2n) is 3.61. The maximum Gasteiger partial charge on any atom is 0.133 e. The predicted octanol–water partition coefficient (Wildman–Crippen LogP) is 4.15. The number of rotatable bonds is 2. The number of benzene rings is 2. The molecule has 0 unspecified atom stereocenters. The van der Waals surface area contributed by atoms with Crippen LogP contribution in [0.5, 0.6) is 5.75 Å². The summed E-state index contributed by atoms with van der Waals surface area (Å²) in [6.45, 7) is 3.71. The van der Waals surface area contributed by atoms with Gasteiger partial charge in [0, 0.05) is 0 Å². The number of fused-ring (bicyclic) bond motifs is 1. The standard InChI is InChI=1S/C14H10BrNO/c1-9(8-16)10-3-5-12-11(7-10)4-6-13(17-2)14(12)15/h3-7H,1H2,2H3. The van der Waals surface area contributed by atoms with Gasteiger partial charge in [0.05, 0.1) is 23.2 Å². The van der Waals surface area contributed by atoms with E-state index in [0.717, 1.165) is 26.6 Å². The lowest BCUT2D eigenvalue weighted by molar-refractivity contribution is 0.413. The molecule has 2 aromatic carbocycles. The summed E-state index contributed by atoms with van der Waals surface area (Å²) < 4.78 is 6.16. The molecule has 3 heteroatoms. The van der Waals surface area contributed by atoms with Gasteiger partial charge < -0.3 is 4.74 Å². The number of allylic oxidation sites excluding steroid dienone is 1. The third-order valence-corrected chi connectivity index (χ3v) is 3.44. The minimum absolute atomic E-state index is 0.471. The monoisotopic (exact) mass is 287 g/mol. The van der Waals surface area contributed by atoms with Crippen LogP contribution in [0.3, 0.4) is 0 Å². The van der Waals surface area contributed by atoms with Crippen molar-refractivity contribution in [3.63, 3.8) is 0 Å². The smallest absolute Gasteiger partial charge is 0.133 e. The Morgan fingerprint density at radius 2 is 2.12 bits per heavy atom. The third-order valence-electron chi connectivity index (χ3n) is 2.62. The van der Waals surface area contributed by atoms with Crippen LogP contribution in [0.25, 0.3) is 16.3 Å². The molecule has 2 rings (SSSR count). The van der Waals surface area contributed by atoms with Crippen LogP contribution in [0.2, 0.25) is 0 Å². The van der Waals surface area contributed by atoms with Crippen LogP contribution in [0, 0.1) is 11.3 Å². The summed E-state index contributed by atoms with van der Waals surface area (Å²) in [4.78, 5) is 0. The molecule has 0 bridgehead atoms. The van der Waals surface area contributed by atoms with Gasteiger partial charge in [-0.05, 0) is 44.4 Å². The minimum atomic E-state index is 0.471. The zero-order chi connectivity index (χ0) is 12.4. The van der Waals surface area contributed by atoms with E-state index in [4.69, 9.17) is 10.00 Å². The van der Waals surface area contributed by atoms with Gasteiger partial charge in [-0.2, -0.15) is 5.26 Å². The molecule has 2 nitrogen and oxygen atoms in total. The molecule has 0 spiro atoms. The lowest BCUT2D eigenvalue weighted by Crippen LogP contribution is -1.86. The summed E-state index contributed by atoms with van der Waals surface area (Å²) in [6, 6.07) is 11.7. The highest BCUT2D eigenvalue weighted by Crippen LogP contribution is 2.33. The largest absolute Gasteiger partial charge is 0.496 e. The number of nitriles is 1. The number of hydrogen-bond acceptors (Lipinski definition) is 2. The Bertz CT molecular complexity index is 640. The van der Waals surface area contributed by atoms with Gasteiger partial charge in [-0.25, -0.2) is 0 Å². The predicted molar refractivity (Wildman–Crippen MR) is 72.8 cm³/mol. The number of methoxy groups -OCH3 is 1. The van der Waals surface area contributed by atoms with Gasteiger partial charge in [-0.3, -0.25) is 0 Å². The summed E-state index contributed by atoms with van der Waals surface area (Å²) in [7, 11) is 1.64. The lowest BCUT2D eigenvalue weighted by atomic mass is 10.0. The SMILES string of the molecule is C=C(C#N)c1ccc2c(Br)c(OC)ccc2c1. The highest BCUT2D eigenvalue weighted by Gasteiger charge is 2.06. The fraction of sp³-hybridized carbons (Fsp3) is 0.0714. The normalized spacial score (nSPS) is 9.94. The van der Waals surface area contributed by atoms with E-state index in [1.165, 1.54) is 0 Å². The van der Waals surface area contributed by atoms with Crippen molar-refractivity contribution in [3.05, 3.63) is 46.9 Å². The highest BCUT2D eigenvalue weighted by molar-refractivity contribution is 9.10. The molecule has 0 aliphatic rings. The summed E-state index contributed by atoms with van der Waals surface area (Å²) in [5, 5.41) is 10.9. The zero-order valence-electron chi connectivity index (χ0n) is 9.33. The van der Waals surface area contributed by atoms with Gasteiger partial charge in [0.15, 0.2) is 0 Å². The van der Waals surface area contributed by atoms with E-state index in [0.29, 0.717) is 5.57 Å². The first kappa shape index (κ1) is 11.7.